The van der Waals surface area contributed by atoms with Crippen LogP contribution in [0.4, 0.5) is 11.4 Å². The van der Waals surface area contributed by atoms with E-state index in [2.05, 4.69) is 0 Å². The number of non-ortho nitro benzene ring substituents is 2. The third kappa shape index (κ3) is 5.84. The highest BCUT2D eigenvalue weighted by molar-refractivity contribution is 8.55. The van der Waals surface area contributed by atoms with Gasteiger partial charge in [0.25, 0.3) is 11.4 Å². The predicted octanol–water partition coefficient (Wildman–Crippen LogP) is 5.68. The second-order valence-electron chi connectivity index (χ2n) is 7.17. The van der Waals surface area contributed by atoms with Crippen molar-refractivity contribution in [3.63, 3.8) is 0 Å². The van der Waals surface area contributed by atoms with Gasteiger partial charge in [0.2, 0.25) is 0 Å². The zero-order valence-corrected chi connectivity index (χ0v) is 20.1. The Morgan fingerprint density at radius 3 is 1.24 bits per heavy atom. The Kier molecular flexibility index (Phi) is 7.00. The van der Waals surface area contributed by atoms with Crippen molar-refractivity contribution >= 4 is 47.7 Å². The molecule has 0 aromatic heterocycles. The van der Waals surface area contributed by atoms with Crippen LogP contribution in [0.3, 0.4) is 0 Å². The van der Waals surface area contributed by atoms with Crippen LogP contribution in [0.15, 0.2) is 58.3 Å². The van der Waals surface area contributed by atoms with Gasteiger partial charge in [-0.25, -0.2) is 9.13 Å². The van der Waals surface area contributed by atoms with Crippen LogP contribution in [-0.2, 0) is 27.2 Å². The topological polar surface area (TPSA) is 157 Å². The van der Waals surface area contributed by atoms with Crippen LogP contribution >= 0.6 is 36.4 Å². The minimum Gasteiger partial charge on any atom is -0.300 e. The van der Waals surface area contributed by atoms with Gasteiger partial charge in [-0.05, 0) is 47.0 Å². The monoisotopic (exact) mass is 534 g/mol. The van der Waals surface area contributed by atoms with Crippen molar-refractivity contribution < 1.29 is 37.1 Å². The number of benzene rings is 2. The molecule has 0 N–H and O–H groups in total. The minimum atomic E-state index is -3.56. The summed E-state index contributed by atoms with van der Waals surface area (Å²) in [7, 11) is 0. The molecule has 2 aromatic carbocycles. The molecule has 0 amide bonds. The van der Waals surface area contributed by atoms with E-state index in [4.69, 9.17) is 18.1 Å². The Morgan fingerprint density at radius 2 is 0.970 bits per heavy atom. The largest absolute Gasteiger partial charge is 0.393 e. The summed E-state index contributed by atoms with van der Waals surface area (Å²) in [6.07, 6.45) is 0. The molecule has 2 fully saturated rings. The van der Waals surface area contributed by atoms with Crippen molar-refractivity contribution in [1.29, 1.82) is 0 Å². The van der Waals surface area contributed by atoms with Crippen molar-refractivity contribution in [3.8, 4) is 0 Å². The van der Waals surface area contributed by atoms with Gasteiger partial charge in [0.05, 0.1) is 41.7 Å². The third-order valence-electron chi connectivity index (χ3n) is 4.64. The second-order valence-corrected chi connectivity index (χ2v) is 15.1. The highest BCUT2D eigenvalue weighted by Crippen LogP contribution is 2.70. The quantitative estimate of drug-likeness (QED) is 0.254. The van der Waals surface area contributed by atoms with Gasteiger partial charge in [-0.1, -0.05) is 0 Å². The van der Waals surface area contributed by atoms with Gasteiger partial charge in [-0.3, -0.25) is 38.3 Å². The lowest BCUT2D eigenvalue weighted by atomic mass is 9.93. The van der Waals surface area contributed by atoms with Crippen molar-refractivity contribution in [2.75, 3.05) is 26.4 Å². The van der Waals surface area contributed by atoms with Gasteiger partial charge in [-0.15, -0.1) is 0 Å². The summed E-state index contributed by atoms with van der Waals surface area (Å²) in [5, 5.41) is 21.5. The van der Waals surface area contributed by atoms with E-state index in [-0.39, 0.29) is 37.8 Å². The highest BCUT2D eigenvalue weighted by atomic mass is 32.7. The summed E-state index contributed by atoms with van der Waals surface area (Å²) in [4.78, 5) is 21.4. The zero-order valence-electron chi connectivity index (χ0n) is 16.6. The summed E-state index contributed by atoms with van der Waals surface area (Å²) in [6.45, 7) is -7.21. The van der Waals surface area contributed by atoms with Crippen molar-refractivity contribution in [2.45, 2.75) is 9.79 Å². The van der Waals surface area contributed by atoms with Crippen LogP contribution in [0.1, 0.15) is 0 Å². The molecule has 0 aliphatic carbocycles. The van der Waals surface area contributed by atoms with Gasteiger partial charge in [0, 0.05) is 34.1 Å². The van der Waals surface area contributed by atoms with E-state index in [1.807, 2.05) is 0 Å². The average molecular weight is 534 g/mol. The van der Waals surface area contributed by atoms with E-state index in [0.29, 0.717) is 9.79 Å². The molecule has 0 radical (unpaired) electrons. The highest BCUT2D eigenvalue weighted by Gasteiger charge is 2.49. The first kappa shape index (κ1) is 24.4. The summed E-state index contributed by atoms with van der Waals surface area (Å²) in [5.41, 5.74) is -0.974. The third-order valence-corrected chi connectivity index (χ3v) is 11.7. The van der Waals surface area contributed by atoms with Crippen LogP contribution in [0.5, 0.6) is 0 Å². The first-order valence-corrected chi connectivity index (χ1v) is 15.2. The number of nitrogens with zero attached hydrogens (tertiary/aromatic N) is 2. The van der Waals surface area contributed by atoms with Gasteiger partial charge in [0.1, 0.15) is 0 Å². The molecule has 2 aliphatic heterocycles. The van der Waals surface area contributed by atoms with E-state index in [1.165, 1.54) is 48.5 Å². The molecular formula is C17H16N2O10P2S2. The van der Waals surface area contributed by atoms with Crippen LogP contribution in [0.2, 0.25) is 0 Å². The van der Waals surface area contributed by atoms with E-state index in [0.717, 1.165) is 22.8 Å². The summed E-state index contributed by atoms with van der Waals surface area (Å²) in [5.74, 6) is 0. The van der Waals surface area contributed by atoms with Crippen LogP contribution in [0, 0.1) is 25.6 Å². The SMILES string of the molecule is O=[N+]([O-])c1ccc(SP2(=O)OCC3(CO2)COP(=O)(Sc2ccc([N+](=O)[O-])cc2)OC3)cc1. The fraction of sp³-hybridized carbons (Fsp3) is 0.294. The van der Waals surface area contributed by atoms with Crippen LogP contribution < -0.4 is 0 Å². The Bertz CT molecular complexity index is 1040. The van der Waals surface area contributed by atoms with E-state index >= 15 is 0 Å². The van der Waals surface area contributed by atoms with E-state index in [9.17, 15) is 29.4 Å². The number of nitro benzene ring substituents is 2. The molecule has 0 unspecified atom stereocenters. The molecule has 0 atom stereocenters. The fourth-order valence-electron chi connectivity index (χ4n) is 2.81. The molecule has 12 nitrogen and oxygen atoms in total. The second kappa shape index (κ2) is 9.47. The van der Waals surface area contributed by atoms with Gasteiger partial charge < -0.3 is 0 Å². The van der Waals surface area contributed by atoms with Gasteiger partial charge in [0.15, 0.2) is 0 Å². The number of hydrogen-bond acceptors (Lipinski definition) is 12. The molecule has 33 heavy (non-hydrogen) atoms. The van der Waals surface area contributed by atoms with Gasteiger partial charge in [-0.2, -0.15) is 0 Å². The lowest BCUT2D eigenvalue weighted by Gasteiger charge is -2.42. The molecule has 2 aliphatic rings. The molecule has 16 heteroatoms. The fourth-order valence-corrected chi connectivity index (χ4v) is 9.47. The Morgan fingerprint density at radius 1 is 0.667 bits per heavy atom. The van der Waals surface area contributed by atoms with Crippen LogP contribution in [0.25, 0.3) is 0 Å². The number of rotatable bonds is 6. The molecule has 2 saturated heterocycles. The smallest absolute Gasteiger partial charge is 0.300 e. The summed E-state index contributed by atoms with van der Waals surface area (Å²) >= 11 is 1.68. The average Bonchev–Trinajstić information content (AvgIpc) is 2.79. The number of nitro groups is 2. The Labute approximate surface area is 195 Å². The first-order valence-electron chi connectivity index (χ1n) is 9.26. The van der Waals surface area contributed by atoms with E-state index < -0.39 is 28.9 Å². The van der Waals surface area contributed by atoms with Crippen molar-refractivity contribution in [3.05, 3.63) is 68.8 Å². The molecule has 2 aromatic rings. The molecule has 1 spiro atoms. The van der Waals surface area contributed by atoms with Gasteiger partial charge >= 0.3 is 13.6 Å². The lowest BCUT2D eigenvalue weighted by molar-refractivity contribution is -0.385. The molecule has 0 saturated carbocycles. The van der Waals surface area contributed by atoms with E-state index in [1.54, 1.807) is 0 Å². The zero-order chi connectivity index (χ0) is 23.7. The Hall–Kier alpha value is -1.76. The maximum atomic E-state index is 12.9. The standard InChI is InChI=1S/C17H16N2O10P2S2/c20-18(21)13-1-5-15(6-2-13)32-30(24)26-9-17(10-27-30)11-28-31(25,29-12-17)33-16-7-3-14(4-8-16)19(22)23/h1-8H,9-12H2. The van der Waals surface area contributed by atoms with Crippen LogP contribution in [-0.4, -0.2) is 36.3 Å². The molecule has 4 rings (SSSR count). The number of hydrogen-bond donors (Lipinski definition) is 0. The first-order chi connectivity index (χ1) is 15.6. The minimum absolute atomic E-state index is 0.0214. The summed E-state index contributed by atoms with van der Waals surface area (Å²) < 4.78 is 47.8. The predicted molar refractivity (Wildman–Crippen MR) is 119 cm³/mol. The lowest BCUT2D eigenvalue weighted by Crippen LogP contribution is -2.45. The van der Waals surface area contributed by atoms with Crippen molar-refractivity contribution in [1.82, 2.24) is 0 Å². The Balaban J connectivity index is 1.32. The normalized spacial score (nSPS) is 29.6. The maximum absolute atomic E-state index is 12.9. The molecule has 0 bridgehead atoms. The van der Waals surface area contributed by atoms with Crippen molar-refractivity contribution in [2.24, 2.45) is 5.41 Å². The molecule has 176 valence electrons. The molecule has 2 heterocycles. The molecular weight excluding hydrogens is 518 g/mol. The maximum Gasteiger partial charge on any atom is 0.393 e. The summed E-state index contributed by atoms with van der Waals surface area (Å²) in [6, 6.07) is 11.0.